The summed E-state index contributed by atoms with van der Waals surface area (Å²) >= 11 is 0. The van der Waals surface area contributed by atoms with Gasteiger partial charge in [0.25, 0.3) is 5.56 Å². The number of hydrogen-bond donors (Lipinski definition) is 0. The van der Waals surface area contributed by atoms with Crippen molar-refractivity contribution >= 4 is 11.2 Å². The Kier molecular flexibility index (Phi) is 2.85. The van der Waals surface area contributed by atoms with E-state index in [4.69, 9.17) is 4.74 Å². The first-order chi connectivity index (χ1) is 7.76. The third-order valence-electron chi connectivity index (χ3n) is 2.36. The van der Waals surface area contributed by atoms with Gasteiger partial charge in [-0.1, -0.05) is 6.92 Å². The normalized spacial score (nSPS) is 10.6. The van der Waals surface area contributed by atoms with E-state index in [1.54, 1.807) is 23.9 Å². The van der Waals surface area contributed by atoms with Gasteiger partial charge in [0.05, 0.1) is 25.0 Å². The summed E-state index contributed by atoms with van der Waals surface area (Å²) in [7, 11) is 1.57. The lowest BCUT2D eigenvalue weighted by Gasteiger charge is -2.08. The number of aromatic nitrogens is 3. The number of rotatable bonds is 3. The summed E-state index contributed by atoms with van der Waals surface area (Å²) in [5.41, 5.74) is 1.17. The molecule has 5 nitrogen and oxygen atoms in total. The van der Waals surface area contributed by atoms with Crippen molar-refractivity contribution in [3.8, 4) is 5.75 Å². The van der Waals surface area contributed by atoms with Gasteiger partial charge in [-0.15, -0.1) is 0 Å². The minimum atomic E-state index is -0.107. The maximum atomic E-state index is 11.7. The molecule has 16 heavy (non-hydrogen) atoms. The third-order valence-corrected chi connectivity index (χ3v) is 2.36. The topological polar surface area (TPSA) is 57.0 Å². The van der Waals surface area contributed by atoms with E-state index in [1.165, 1.54) is 6.20 Å². The van der Waals surface area contributed by atoms with Crippen LogP contribution in [0.15, 0.2) is 23.3 Å². The standard InChI is InChI=1S/C11H13N3O2/c1-3-4-14-9-5-8(16-2)6-12-11(9)13-7-10(14)15/h5-7H,3-4H2,1-2H3. The smallest absolute Gasteiger partial charge is 0.269 e. The maximum absolute atomic E-state index is 11.7. The van der Waals surface area contributed by atoms with Crippen LogP contribution in [-0.2, 0) is 6.54 Å². The Labute approximate surface area is 92.7 Å². The zero-order chi connectivity index (χ0) is 11.5. The highest BCUT2D eigenvalue weighted by molar-refractivity contribution is 5.71. The summed E-state index contributed by atoms with van der Waals surface area (Å²) < 4.78 is 6.75. The van der Waals surface area contributed by atoms with E-state index in [2.05, 4.69) is 9.97 Å². The predicted molar refractivity (Wildman–Crippen MR) is 60.6 cm³/mol. The van der Waals surface area contributed by atoms with Crippen LogP contribution in [0, 0.1) is 0 Å². The van der Waals surface area contributed by atoms with Crippen molar-refractivity contribution < 1.29 is 4.74 Å². The number of ether oxygens (including phenoxy) is 1. The maximum Gasteiger partial charge on any atom is 0.269 e. The van der Waals surface area contributed by atoms with Crippen LogP contribution in [-0.4, -0.2) is 21.6 Å². The zero-order valence-electron chi connectivity index (χ0n) is 9.30. The Bertz CT molecular complexity index is 563. The molecule has 0 unspecified atom stereocenters. The average Bonchev–Trinajstić information content (AvgIpc) is 2.32. The first-order valence-electron chi connectivity index (χ1n) is 5.16. The summed E-state index contributed by atoms with van der Waals surface area (Å²) in [4.78, 5) is 19.8. The number of aryl methyl sites for hydroxylation is 1. The van der Waals surface area contributed by atoms with Crippen LogP contribution in [0.2, 0.25) is 0 Å². The van der Waals surface area contributed by atoms with Crippen LogP contribution in [0.25, 0.3) is 11.2 Å². The van der Waals surface area contributed by atoms with Gasteiger partial charge in [0.15, 0.2) is 5.65 Å². The largest absolute Gasteiger partial charge is 0.495 e. The van der Waals surface area contributed by atoms with Crippen LogP contribution in [0.4, 0.5) is 0 Å². The van der Waals surface area contributed by atoms with Crippen LogP contribution >= 0.6 is 0 Å². The SMILES string of the molecule is CCCn1c(=O)cnc2ncc(OC)cc21. The lowest BCUT2D eigenvalue weighted by Crippen LogP contribution is -2.20. The molecule has 0 radical (unpaired) electrons. The molecule has 0 saturated carbocycles. The fourth-order valence-electron chi connectivity index (χ4n) is 1.60. The fraction of sp³-hybridized carbons (Fsp3) is 0.364. The quantitative estimate of drug-likeness (QED) is 0.778. The average molecular weight is 219 g/mol. The molecule has 5 heteroatoms. The highest BCUT2D eigenvalue weighted by Crippen LogP contribution is 2.15. The van der Waals surface area contributed by atoms with Crippen molar-refractivity contribution in [1.82, 2.24) is 14.5 Å². The van der Waals surface area contributed by atoms with Gasteiger partial charge in [-0.3, -0.25) is 4.79 Å². The lowest BCUT2D eigenvalue weighted by molar-refractivity contribution is 0.413. The fourth-order valence-corrected chi connectivity index (χ4v) is 1.60. The van der Waals surface area contributed by atoms with Crippen molar-refractivity contribution in [3.05, 3.63) is 28.8 Å². The molecule has 0 aliphatic carbocycles. The molecule has 2 aromatic rings. The second-order valence-corrected chi connectivity index (χ2v) is 3.47. The van der Waals surface area contributed by atoms with E-state index in [9.17, 15) is 4.79 Å². The van der Waals surface area contributed by atoms with Gasteiger partial charge in [0.1, 0.15) is 5.75 Å². The Morgan fingerprint density at radius 1 is 1.38 bits per heavy atom. The van der Waals surface area contributed by atoms with Gasteiger partial charge >= 0.3 is 0 Å². The van der Waals surface area contributed by atoms with Gasteiger partial charge in [-0.25, -0.2) is 9.97 Å². The van der Waals surface area contributed by atoms with Crippen LogP contribution in [0.1, 0.15) is 13.3 Å². The summed E-state index contributed by atoms with van der Waals surface area (Å²) in [6, 6.07) is 1.78. The summed E-state index contributed by atoms with van der Waals surface area (Å²) in [6.45, 7) is 2.68. The Morgan fingerprint density at radius 3 is 2.81 bits per heavy atom. The highest BCUT2D eigenvalue weighted by Gasteiger charge is 2.05. The zero-order valence-corrected chi connectivity index (χ0v) is 9.30. The molecule has 2 rings (SSSR count). The van der Waals surface area contributed by atoms with Gasteiger partial charge < -0.3 is 9.30 Å². The van der Waals surface area contributed by atoms with Crippen LogP contribution in [0.5, 0.6) is 5.75 Å². The second-order valence-electron chi connectivity index (χ2n) is 3.47. The molecule has 0 aliphatic rings. The van der Waals surface area contributed by atoms with Gasteiger partial charge in [0.2, 0.25) is 0 Å². The second kappa shape index (κ2) is 4.30. The summed E-state index contributed by atoms with van der Waals surface area (Å²) in [6.07, 6.45) is 3.78. The van der Waals surface area contributed by atoms with Gasteiger partial charge in [-0.05, 0) is 6.42 Å². The molecular weight excluding hydrogens is 206 g/mol. The third kappa shape index (κ3) is 1.76. The molecule has 84 valence electrons. The highest BCUT2D eigenvalue weighted by atomic mass is 16.5. The number of fused-ring (bicyclic) bond motifs is 1. The van der Waals surface area contributed by atoms with Gasteiger partial charge in [-0.2, -0.15) is 0 Å². The number of nitrogens with zero attached hydrogens (tertiary/aromatic N) is 3. The predicted octanol–water partition coefficient (Wildman–Crippen LogP) is 1.21. The lowest BCUT2D eigenvalue weighted by atomic mass is 10.3. The first-order valence-corrected chi connectivity index (χ1v) is 5.16. The van der Waals surface area contributed by atoms with E-state index in [1.807, 2.05) is 6.92 Å². The minimum Gasteiger partial charge on any atom is -0.495 e. The molecule has 0 fully saturated rings. The van der Waals surface area contributed by atoms with Gasteiger partial charge in [0, 0.05) is 12.6 Å². The van der Waals surface area contributed by atoms with Crippen LogP contribution in [0.3, 0.4) is 0 Å². The molecule has 2 aromatic heterocycles. The van der Waals surface area contributed by atoms with E-state index in [-0.39, 0.29) is 5.56 Å². The molecule has 0 spiro atoms. The van der Waals surface area contributed by atoms with E-state index < -0.39 is 0 Å². The Balaban J connectivity index is 2.72. The molecule has 0 N–H and O–H groups in total. The summed E-state index contributed by atoms with van der Waals surface area (Å²) in [5.74, 6) is 0.629. The van der Waals surface area contributed by atoms with Crippen molar-refractivity contribution in [2.75, 3.05) is 7.11 Å². The monoisotopic (exact) mass is 219 g/mol. The van der Waals surface area contributed by atoms with Crippen molar-refractivity contribution in [3.63, 3.8) is 0 Å². The first kappa shape index (κ1) is 10.6. The minimum absolute atomic E-state index is 0.107. The van der Waals surface area contributed by atoms with E-state index in [0.29, 0.717) is 23.5 Å². The molecular formula is C11H13N3O2. The molecule has 0 aliphatic heterocycles. The van der Waals surface area contributed by atoms with E-state index in [0.717, 1.165) is 6.42 Å². The molecule has 0 bridgehead atoms. The Hall–Kier alpha value is -1.91. The number of pyridine rings is 1. The Morgan fingerprint density at radius 2 is 2.12 bits per heavy atom. The van der Waals surface area contributed by atoms with Crippen LogP contribution < -0.4 is 10.3 Å². The van der Waals surface area contributed by atoms with Crippen molar-refractivity contribution in [2.45, 2.75) is 19.9 Å². The molecule has 2 heterocycles. The molecule has 0 saturated heterocycles. The van der Waals surface area contributed by atoms with Crippen molar-refractivity contribution in [2.24, 2.45) is 0 Å². The van der Waals surface area contributed by atoms with Crippen molar-refractivity contribution in [1.29, 1.82) is 0 Å². The molecule has 0 aromatic carbocycles. The van der Waals surface area contributed by atoms with E-state index >= 15 is 0 Å². The number of hydrogen-bond acceptors (Lipinski definition) is 4. The summed E-state index contributed by atoms with van der Waals surface area (Å²) in [5, 5.41) is 0. The molecule has 0 amide bonds. The molecule has 0 atom stereocenters. The number of methoxy groups -OCH3 is 1.